The Morgan fingerprint density at radius 3 is 2.18 bits per heavy atom. The summed E-state index contributed by atoms with van der Waals surface area (Å²) in [5.74, 6) is 1.41. The molecule has 0 radical (unpaired) electrons. The highest BCUT2D eigenvalue weighted by atomic mass is 28.3. The standard InChI is InChI=1S/C20H29NSi/c1-15(2)16(3)12-18-13-19(17-10-8-7-9-11-17)21-14-20(18)22(4,5)6/h7-11,13-16H,12H2,1-6H3. The van der Waals surface area contributed by atoms with Gasteiger partial charge in [0.25, 0.3) is 0 Å². The molecule has 1 aromatic carbocycles. The molecule has 0 spiro atoms. The van der Waals surface area contributed by atoms with Gasteiger partial charge in [-0.1, -0.05) is 70.7 Å². The van der Waals surface area contributed by atoms with Crippen LogP contribution in [0.2, 0.25) is 19.6 Å². The Balaban J connectivity index is 2.46. The molecule has 0 aliphatic carbocycles. The summed E-state index contributed by atoms with van der Waals surface area (Å²) in [5.41, 5.74) is 3.82. The second-order valence-corrected chi connectivity index (χ2v) is 12.8. The molecule has 118 valence electrons. The number of pyridine rings is 1. The largest absolute Gasteiger partial charge is 0.256 e. The van der Waals surface area contributed by atoms with Crippen LogP contribution in [0.25, 0.3) is 11.3 Å². The number of hydrogen-bond donors (Lipinski definition) is 0. The van der Waals surface area contributed by atoms with Crippen molar-refractivity contribution >= 4 is 13.3 Å². The predicted octanol–water partition coefficient (Wildman–Crippen LogP) is 5.13. The van der Waals surface area contributed by atoms with Crippen LogP contribution in [0.3, 0.4) is 0 Å². The van der Waals surface area contributed by atoms with Gasteiger partial charge in [-0.3, -0.25) is 4.98 Å². The molecule has 0 aliphatic heterocycles. The molecule has 0 amide bonds. The van der Waals surface area contributed by atoms with Gasteiger partial charge in [0, 0.05) is 11.8 Å². The van der Waals surface area contributed by atoms with Crippen molar-refractivity contribution in [3.63, 3.8) is 0 Å². The molecule has 0 bridgehead atoms. The summed E-state index contributed by atoms with van der Waals surface area (Å²) < 4.78 is 0. The van der Waals surface area contributed by atoms with Gasteiger partial charge in [-0.15, -0.1) is 0 Å². The molecule has 1 heterocycles. The molecule has 0 saturated heterocycles. The van der Waals surface area contributed by atoms with Gasteiger partial charge in [0.15, 0.2) is 0 Å². The number of hydrogen-bond acceptors (Lipinski definition) is 1. The molecule has 0 saturated carbocycles. The first kappa shape index (κ1) is 16.9. The van der Waals surface area contributed by atoms with Gasteiger partial charge in [-0.05, 0) is 35.1 Å². The molecule has 2 aromatic rings. The van der Waals surface area contributed by atoms with Crippen molar-refractivity contribution in [3.05, 3.63) is 48.2 Å². The lowest BCUT2D eigenvalue weighted by atomic mass is 9.91. The Kier molecular flexibility index (Phi) is 5.22. The average molecular weight is 312 g/mol. The van der Waals surface area contributed by atoms with Gasteiger partial charge in [-0.2, -0.15) is 0 Å². The van der Waals surface area contributed by atoms with Crippen LogP contribution in [-0.2, 0) is 6.42 Å². The maximum Gasteiger partial charge on any atom is 0.0799 e. The average Bonchev–Trinajstić information content (AvgIpc) is 2.46. The zero-order chi connectivity index (χ0) is 16.3. The lowest BCUT2D eigenvalue weighted by Crippen LogP contribution is -2.41. The minimum absolute atomic E-state index is 0.695. The van der Waals surface area contributed by atoms with Gasteiger partial charge in [0.05, 0.1) is 13.8 Å². The Labute approximate surface area is 136 Å². The highest BCUT2D eigenvalue weighted by molar-refractivity contribution is 6.89. The molecule has 22 heavy (non-hydrogen) atoms. The van der Waals surface area contributed by atoms with Crippen LogP contribution in [0, 0.1) is 11.8 Å². The van der Waals surface area contributed by atoms with Crippen molar-refractivity contribution in [1.82, 2.24) is 4.98 Å². The fraction of sp³-hybridized carbons (Fsp3) is 0.450. The summed E-state index contributed by atoms with van der Waals surface area (Å²) in [6.45, 7) is 14.2. The molecule has 1 atom stereocenters. The molecule has 1 aromatic heterocycles. The Bertz CT molecular complexity index is 611. The number of aromatic nitrogens is 1. The molecule has 2 heteroatoms. The summed E-state index contributed by atoms with van der Waals surface area (Å²) in [4.78, 5) is 4.76. The van der Waals surface area contributed by atoms with E-state index in [9.17, 15) is 0 Å². The molecule has 0 N–H and O–H groups in total. The summed E-state index contributed by atoms with van der Waals surface area (Å²) in [7, 11) is -1.37. The van der Waals surface area contributed by atoms with Crippen molar-refractivity contribution in [2.24, 2.45) is 11.8 Å². The van der Waals surface area contributed by atoms with E-state index in [2.05, 4.69) is 83.0 Å². The van der Waals surface area contributed by atoms with E-state index in [-0.39, 0.29) is 0 Å². The molecule has 0 fully saturated rings. The Morgan fingerprint density at radius 2 is 1.64 bits per heavy atom. The Hall–Kier alpha value is -1.41. The molecule has 2 rings (SSSR count). The summed E-state index contributed by atoms with van der Waals surface area (Å²) in [5, 5.41) is 1.51. The quantitative estimate of drug-likeness (QED) is 0.698. The Morgan fingerprint density at radius 1 is 1.00 bits per heavy atom. The van der Waals surface area contributed by atoms with E-state index in [4.69, 9.17) is 4.98 Å². The van der Waals surface area contributed by atoms with Crippen LogP contribution in [0.15, 0.2) is 42.6 Å². The van der Waals surface area contributed by atoms with Crippen LogP contribution in [0.5, 0.6) is 0 Å². The summed E-state index contributed by atoms with van der Waals surface area (Å²) in [6, 6.07) is 12.8. The molecule has 1 unspecified atom stereocenters. The normalized spacial score (nSPS) is 13.4. The lowest BCUT2D eigenvalue weighted by molar-refractivity contribution is 0.418. The SMILES string of the molecule is CC(C)C(C)Cc1cc(-c2ccccc2)ncc1[Si](C)(C)C. The first-order valence-corrected chi connectivity index (χ1v) is 11.8. The molecular formula is C20H29NSi. The predicted molar refractivity (Wildman–Crippen MR) is 100 cm³/mol. The zero-order valence-electron chi connectivity index (χ0n) is 14.9. The number of benzene rings is 1. The van der Waals surface area contributed by atoms with E-state index >= 15 is 0 Å². The molecule has 0 aliphatic rings. The zero-order valence-corrected chi connectivity index (χ0v) is 15.9. The van der Waals surface area contributed by atoms with Gasteiger partial charge in [-0.25, -0.2) is 0 Å². The topological polar surface area (TPSA) is 12.9 Å². The van der Waals surface area contributed by atoms with Gasteiger partial charge in [0.1, 0.15) is 0 Å². The monoisotopic (exact) mass is 311 g/mol. The summed E-state index contributed by atoms with van der Waals surface area (Å²) in [6.07, 6.45) is 3.30. The first-order chi connectivity index (χ1) is 10.3. The van der Waals surface area contributed by atoms with Crippen molar-refractivity contribution in [3.8, 4) is 11.3 Å². The van der Waals surface area contributed by atoms with Crippen LogP contribution in [0.1, 0.15) is 26.3 Å². The first-order valence-electron chi connectivity index (χ1n) is 8.34. The van der Waals surface area contributed by atoms with Crippen molar-refractivity contribution in [1.29, 1.82) is 0 Å². The minimum Gasteiger partial charge on any atom is -0.256 e. The van der Waals surface area contributed by atoms with E-state index in [1.165, 1.54) is 16.3 Å². The van der Waals surface area contributed by atoms with E-state index in [0.717, 1.165) is 12.1 Å². The van der Waals surface area contributed by atoms with Crippen LogP contribution in [-0.4, -0.2) is 13.1 Å². The number of rotatable bonds is 5. The maximum absolute atomic E-state index is 4.76. The summed E-state index contributed by atoms with van der Waals surface area (Å²) >= 11 is 0. The van der Waals surface area contributed by atoms with Crippen LogP contribution < -0.4 is 5.19 Å². The van der Waals surface area contributed by atoms with Gasteiger partial charge in [0.2, 0.25) is 0 Å². The minimum atomic E-state index is -1.37. The van der Waals surface area contributed by atoms with E-state index < -0.39 is 8.07 Å². The van der Waals surface area contributed by atoms with Crippen molar-refractivity contribution < 1.29 is 0 Å². The highest BCUT2D eigenvalue weighted by Crippen LogP contribution is 2.22. The van der Waals surface area contributed by atoms with Crippen LogP contribution >= 0.6 is 0 Å². The number of nitrogens with zero attached hydrogens (tertiary/aromatic N) is 1. The van der Waals surface area contributed by atoms with Crippen molar-refractivity contribution in [2.45, 2.75) is 46.8 Å². The maximum atomic E-state index is 4.76. The molecular weight excluding hydrogens is 282 g/mol. The fourth-order valence-corrected chi connectivity index (χ4v) is 4.28. The van der Waals surface area contributed by atoms with E-state index in [1.807, 2.05) is 0 Å². The van der Waals surface area contributed by atoms with E-state index in [0.29, 0.717) is 11.8 Å². The smallest absolute Gasteiger partial charge is 0.0799 e. The third-order valence-corrected chi connectivity index (χ3v) is 6.61. The highest BCUT2D eigenvalue weighted by Gasteiger charge is 2.22. The third-order valence-electron chi connectivity index (χ3n) is 4.55. The molecule has 1 nitrogen and oxygen atoms in total. The second kappa shape index (κ2) is 6.78. The fourth-order valence-electron chi connectivity index (χ4n) is 2.69. The van der Waals surface area contributed by atoms with Crippen molar-refractivity contribution in [2.75, 3.05) is 0 Å². The third kappa shape index (κ3) is 4.07. The van der Waals surface area contributed by atoms with Crippen LogP contribution in [0.4, 0.5) is 0 Å². The van der Waals surface area contributed by atoms with E-state index in [1.54, 1.807) is 0 Å². The van der Waals surface area contributed by atoms with Gasteiger partial charge >= 0.3 is 0 Å². The lowest BCUT2D eigenvalue weighted by Gasteiger charge is -2.24. The van der Waals surface area contributed by atoms with Gasteiger partial charge < -0.3 is 0 Å². The second-order valence-electron chi connectivity index (χ2n) is 7.77.